The summed E-state index contributed by atoms with van der Waals surface area (Å²) < 4.78 is 0. The Morgan fingerprint density at radius 2 is 1.94 bits per heavy atom. The molecule has 2 nitrogen and oxygen atoms in total. The largest absolute Gasteiger partial charge is 0.396 e. The summed E-state index contributed by atoms with van der Waals surface area (Å²) in [5.74, 6) is 0. The second-order valence-corrected chi connectivity index (χ2v) is 4.51. The van der Waals surface area contributed by atoms with E-state index in [1.807, 2.05) is 0 Å². The zero-order valence-corrected chi connectivity index (χ0v) is 10.5. The third kappa shape index (κ3) is 3.95. The molecule has 90 valence electrons. The van der Waals surface area contributed by atoms with Crippen LogP contribution in [0, 0.1) is 6.92 Å². The Kier molecular flexibility index (Phi) is 5.50. The van der Waals surface area contributed by atoms with Crippen molar-refractivity contribution >= 4 is 0 Å². The maximum atomic E-state index is 8.78. The molecule has 2 unspecified atom stereocenters. The summed E-state index contributed by atoms with van der Waals surface area (Å²) in [5.41, 5.74) is 2.69. The lowest BCUT2D eigenvalue weighted by Gasteiger charge is -2.21. The van der Waals surface area contributed by atoms with Gasteiger partial charge >= 0.3 is 0 Å². The molecule has 0 saturated carbocycles. The minimum absolute atomic E-state index is 0.283. The first-order chi connectivity index (χ1) is 7.65. The molecule has 0 fully saturated rings. The van der Waals surface area contributed by atoms with Gasteiger partial charge in [-0.1, -0.05) is 24.3 Å². The average Bonchev–Trinajstić information content (AvgIpc) is 2.26. The van der Waals surface area contributed by atoms with E-state index in [0.717, 1.165) is 12.8 Å². The van der Waals surface area contributed by atoms with E-state index >= 15 is 0 Å². The lowest BCUT2D eigenvalue weighted by atomic mass is 10.0. The van der Waals surface area contributed by atoms with Crippen molar-refractivity contribution in [2.75, 3.05) is 6.61 Å². The van der Waals surface area contributed by atoms with Crippen LogP contribution in [0.4, 0.5) is 0 Å². The summed E-state index contributed by atoms with van der Waals surface area (Å²) >= 11 is 0. The van der Waals surface area contributed by atoms with Crippen LogP contribution in [-0.2, 0) is 0 Å². The van der Waals surface area contributed by atoms with E-state index in [9.17, 15) is 0 Å². The maximum absolute atomic E-state index is 8.78. The molecule has 2 N–H and O–H groups in total. The van der Waals surface area contributed by atoms with E-state index in [1.165, 1.54) is 11.1 Å². The summed E-state index contributed by atoms with van der Waals surface area (Å²) in [7, 11) is 0. The van der Waals surface area contributed by atoms with E-state index in [4.69, 9.17) is 5.11 Å². The molecular weight excluding hydrogens is 198 g/mol. The van der Waals surface area contributed by atoms with Gasteiger partial charge in [0.2, 0.25) is 0 Å². The van der Waals surface area contributed by atoms with Gasteiger partial charge in [0.05, 0.1) is 0 Å². The number of rotatable bonds is 6. The molecule has 16 heavy (non-hydrogen) atoms. The zero-order valence-electron chi connectivity index (χ0n) is 10.5. The van der Waals surface area contributed by atoms with Gasteiger partial charge in [-0.25, -0.2) is 0 Å². The SMILES string of the molecule is Cc1ccccc1C(C)NC(C)CCCO. The topological polar surface area (TPSA) is 32.3 Å². The second kappa shape index (κ2) is 6.66. The fraction of sp³-hybridized carbons (Fsp3) is 0.571. The van der Waals surface area contributed by atoms with Gasteiger partial charge in [0.1, 0.15) is 0 Å². The molecule has 0 saturated heterocycles. The Balaban J connectivity index is 2.52. The second-order valence-electron chi connectivity index (χ2n) is 4.51. The van der Waals surface area contributed by atoms with E-state index < -0.39 is 0 Å². The fourth-order valence-electron chi connectivity index (χ4n) is 2.07. The molecule has 1 aromatic carbocycles. The molecule has 0 heterocycles. The van der Waals surface area contributed by atoms with Crippen molar-refractivity contribution < 1.29 is 5.11 Å². The first-order valence-electron chi connectivity index (χ1n) is 6.07. The number of nitrogens with one attached hydrogen (secondary N) is 1. The van der Waals surface area contributed by atoms with Crippen molar-refractivity contribution in [1.29, 1.82) is 0 Å². The van der Waals surface area contributed by atoms with Gasteiger partial charge < -0.3 is 10.4 Å². The highest BCUT2D eigenvalue weighted by molar-refractivity contribution is 5.28. The number of hydrogen-bond donors (Lipinski definition) is 2. The van der Waals surface area contributed by atoms with Crippen LogP contribution in [0.3, 0.4) is 0 Å². The fourth-order valence-corrected chi connectivity index (χ4v) is 2.07. The molecule has 0 aliphatic heterocycles. The molecule has 0 aromatic heterocycles. The van der Waals surface area contributed by atoms with Crippen molar-refractivity contribution in [3.8, 4) is 0 Å². The Labute approximate surface area is 98.7 Å². The molecule has 2 heteroatoms. The highest BCUT2D eigenvalue weighted by Gasteiger charge is 2.10. The van der Waals surface area contributed by atoms with Crippen LogP contribution in [0.25, 0.3) is 0 Å². The third-order valence-corrected chi connectivity index (χ3v) is 2.98. The van der Waals surface area contributed by atoms with Crippen molar-refractivity contribution in [2.45, 2.75) is 45.7 Å². The predicted octanol–water partition coefficient (Wildman–Crippen LogP) is 2.81. The Hall–Kier alpha value is -0.860. The van der Waals surface area contributed by atoms with Crippen molar-refractivity contribution in [3.63, 3.8) is 0 Å². The zero-order chi connectivity index (χ0) is 12.0. The monoisotopic (exact) mass is 221 g/mol. The quantitative estimate of drug-likeness (QED) is 0.774. The van der Waals surface area contributed by atoms with E-state index in [2.05, 4.69) is 50.4 Å². The molecule has 1 aromatic rings. The van der Waals surface area contributed by atoms with E-state index in [-0.39, 0.29) is 6.61 Å². The first kappa shape index (κ1) is 13.2. The summed E-state index contributed by atoms with van der Waals surface area (Å²) in [6.07, 6.45) is 1.89. The van der Waals surface area contributed by atoms with Crippen LogP contribution in [-0.4, -0.2) is 17.8 Å². The van der Waals surface area contributed by atoms with Gasteiger partial charge in [-0.05, 0) is 44.7 Å². The number of benzene rings is 1. The third-order valence-electron chi connectivity index (χ3n) is 2.98. The van der Waals surface area contributed by atoms with E-state index in [0.29, 0.717) is 12.1 Å². The smallest absolute Gasteiger partial charge is 0.0431 e. The summed E-state index contributed by atoms with van der Waals surface area (Å²) in [5, 5.41) is 12.3. The number of aliphatic hydroxyl groups excluding tert-OH is 1. The minimum atomic E-state index is 0.283. The highest BCUT2D eigenvalue weighted by Crippen LogP contribution is 2.17. The van der Waals surface area contributed by atoms with Gasteiger partial charge in [-0.2, -0.15) is 0 Å². The van der Waals surface area contributed by atoms with Crippen LogP contribution < -0.4 is 5.32 Å². The van der Waals surface area contributed by atoms with Gasteiger partial charge in [0.15, 0.2) is 0 Å². The molecule has 2 atom stereocenters. The summed E-state index contributed by atoms with van der Waals surface area (Å²) in [6.45, 7) is 6.79. The van der Waals surface area contributed by atoms with E-state index in [1.54, 1.807) is 0 Å². The minimum Gasteiger partial charge on any atom is -0.396 e. The summed E-state index contributed by atoms with van der Waals surface area (Å²) in [4.78, 5) is 0. The van der Waals surface area contributed by atoms with Crippen molar-refractivity contribution in [3.05, 3.63) is 35.4 Å². The standard InChI is InChI=1S/C14H23NO/c1-11-7-4-5-9-14(11)13(3)15-12(2)8-6-10-16/h4-5,7,9,12-13,15-16H,6,8,10H2,1-3H3. The Bertz CT molecular complexity index is 311. The van der Waals surface area contributed by atoms with Crippen molar-refractivity contribution in [1.82, 2.24) is 5.32 Å². The molecule has 0 spiro atoms. The number of hydrogen-bond acceptors (Lipinski definition) is 2. The van der Waals surface area contributed by atoms with Crippen LogP contribution in [0.15, 0.2) is 24.3 Å². The highest BCUT2D eigenvalue weighted by atomic mass is 16.2. The molecule has 1 rings (SSSR count). The van der Waals surface area contributed by atoms with Gasteiger partial charge in [-0.15, -0.1) is 0 Å². The lowest BCUT2D eigenvalue weighted by Crippen LogP contribution is -2.29. The lowest BCUT2D eigenvalue weighted by molar-refractivity contribution is 0.274. The molecule has 0 bridgehead atoms. The normalized spacial score (nSPS) is 14.8. The molecule has 0 aliphatic carbocycles. The Morgan fingerprint density at radius 1 is 1.25 bits per heavy atom. The molecule has 0 amide bonds. The van der Waals surface area contributed by atoms with Crippen molar-refractivity contribution in [2.24, 2.45) is 0 Å². The average molecular weight is 221 g/mol. The maximum Gasteiger partial charge on any atom is 0.0431 e. The molecular formula is C14H23NO. The van der Waals surface area contributed by atoms with Gasteiger partial charge in [0.25, 0.3) is 0 Å². The van der Waals surface area contributed by atoms with Crippen LogP contribution in [0.1, 0.15) is 43.9 Å². The van der Waals surface area contributed by atoms with Crippen LogP contribution in [0.2, 0.25) is 0 Å². The Morgan fingerprint density at radius 3 is 2.56 bits per heavy atom. The first-order valence-corrected chi connectivity index (χ1v) is 6.07. The van der Waals surface area contributed by atoms with Crippen LogP contribution in [0.5, 0.6) is 0 Å². The summed E-state index contributed by atoms with van der Waals surface area (Å²) in [6, 6.07) is 9.29. The van der Waals surface area contributed by atoms with Gasteiger partial charge in [-0.3, -0.25) is 0 Å². The van der Waals surface area contributed by atoms with Crippen LogP contribution >= 0.6 is 0 Å². The van der Waals surface area contributed by atoms with Gasteiger partial charge in [0, 0.05) is 18.7 Å². The molecule has 0 aliphatic rings. The number of aryl methyl sites for hydroxylation is 1. The molecule has 0 radical (unpaired) electrons. The number of aliphatic hydroxyl groups is 1. The predicted molar refractivity (Wildman–Crippen MR) is 68.5 cm³/mol.